The minimum atomic E-state index is -0.457. The third kappa shape index (κ3) is 3.51. The van der Waals surface area contributed by atoms with Crippen LogP contribution in [0.25, 0.3) is 0 Å². The number of rotatable bonds is 5. The highest BCUT2D eigenvalue weighted by molar-refractivity contribution is 5.59. The molecule has 1 atom stereocenters. The van der Waals surface area contributed by atoms with Crippen LogP contribution in [0.1, 0.15) is 13.3 Å². The molecule has 1 rings (SSSR count). The number of anilines is 1. The Bertz CT molecular complexity index is 341. The van der Waals surface area contributed by atoms with E-state index in [1.165, 1.54) is 12.4 Å². The van der Waals surface area contributed by atoms with Crippen LogP contribution in [-0.2, 0) is 0 Å². The number of nitro groups is 1. The van der Waals surface area contributed by atoms with Crippen molar-refractivity contribution in [2.24, 2.45) is 5.73 Å². The second kappa shape index (κ2) is 5.26. The van der Waals surface area contributed by atoms with Crippen molar-refractivity contribution in [2.45, 2.75) is 19.4 Å². The molecule has 0 saturated carbocycles. The van der Waals surface area contributed by atoms with Crippen molar-refractivity contribution in [1.82, 2.24) is 4.98 Å². The largest absolute Gasteiger partial charge is 0.379 e. The first-order chi connectivity index (χ1) is 7.11. The number of aromatic nitrogens is 1. The molecule has 0 fully saturated rings. The molecule has 1 heterocycles. The van der Waals surface area contributed by atoms with Gasteiger partial charge >= 0.3 is 5.69 Å². The Hall–Kier alpha value is -1.69. The second-order valence-corrected chi connectivity index (χ2v) is 3.34. The first kappa shape index (κ1) is 11.4. The van der Waals surface area contributed by atoms with E-state index in [2.05, 4.69) is 10.3 Å². The molecule has 3 N–H and O–H groups in total. The van der Waals surface area contributed by atoms with Gasteiger partial charge in [0, 0.05) is 18.8 Å². The van der Waals surface area contributed by atoms with Gasteiger partial charge in [0.2, 0.25) is 0 Å². The van der Waals surface area contributed by atoms with Crippen molar-refractivity contribution >= 4 is 11.4 Å². The smallest absolute Gasteiger partial charge is 0.310 e. The van der Waals surface area contributed by atoms with Crippen molar-refractivity contribution in [1.29, 1.82) is 0 Å². The fourth-order valence-electron chi connectivity index (χ4n) is 1.12. The summed E-state index contributed by atoms with van der Waals surface area (Å²) in [7, 11) is 0. The maximum atomic E-state index is 10.6. The summed E-state index contributed by atoms with van der Waals surface area (Å²) in [4.78, 5) is 13.9. The molecule has 0 aromatic carbocycles. The van der Waals surface area contributed by atoms with E-state index in [0.29, 0.717) is 12.2 Å². The molecule has 0 aliphatic heterocycles. The van der Waals surface area contributed by atoms with Crippen molar-refractivity contribution in [3.05, 3.63) is 28.6 Å². The van der Waals surface area contributed by atoms with Crippen LogP contribution in [0.5, 0.6) is 0 Å². The van der Waals surface area contributed by atoms with E-state index < -0.39 is 4.92 Å². The zero-order valence-corrected chi connectivity index (χ0v) is 8.51. The average Bonchev–Trinajstić information content (AvgIpc) is 2.17. The van der Waals surface area contributed by atoms with Gasteiger partial charge in [0.15, 0.2) is 0 Å². The molecule has 6 heteroatoms. The normalized spacial score (nSPS) is 12.1. The molecular formula is C9H14N4O2. The van der Waals surface area contributed by atoms with Crippen LogP contribution in [0.4, 0.5) is 11.4 Å². The van der Waals surface area contributed by atoms with E-state index in [0.717, 1.165) is 6.42 Å². The topological polar surface area (TPSA) is 94.1 Å². The SMILES string of the molecule is CC(N)CCNc1ccncc1[N+](=O)[O-]. The van der Waals surface area contributed by atoms with Gasteiger partial charge in [-0.2, -0.15) is 0 Å². The molecule has 1 aromatic rings. The summed E-state index contributed by atoms with van der Waals surface area (Å²) in [6.45, 7) is 2.51. The van der Waals surface area contributed by atoms with Crippen LogP contribution in [0.3, 0.4) is 0 Å². The Labute approximate surface area is 87.7 Å². The minimum Gasteiger partial charge on any atom is -0.379 e. The lowest BCUT2D eigenvalue weighted by Crippen LogP contribution is -2.19. The highest BCUT2D eigenvalue weighted by Gasteiger charge is 2.12. The van der Waals surface area contributed by atoms with Gasteiger partial charge in [-0.05, 0) is 19.4 Å². The summed E-state index contributed by atoms with van der Waals surface area (Å²) >= 11 is 0. The number of nitrogens with one attached hydrogen (secondary N) is 1. The summed E-state index contributed by atoms with van der Waals surface area (Å²) in [5.41, 5.74) is 6.04. The van der Waals surface area contributed by atoms with Crippen molar-refractivity contribution < 1.29 is 4.92 Å². The Kier molecular flexibility index (Phi) is 3.99. The van der Waals surface area contributed by atoms with Crippen LogP contribution >= 0.6 is 0 Å². The van der Waals surface area contributed by atoms with Gasteiger partial charge in [-0.3, -0.25) is 15.1 Å². The molecule has 0 aliphatic carbocycles. The van der Waals surface area contributed by atoms with Crippen LogP contribution in [-0.4, -0.2) is 22.5 Å². The van der Waals surface area contributed by atoms with Gasteiger partial charge in [0.05, 0.1) is 4.92 Å². The molecule has 0 spiro atoms. The van der Waals surface area contributed by atoms with E-state index in [4.69, 9.17) is 5.73 Å². The predicted molar refractivity (Wildman–Crippen MR) is 57.6 cm³/mol. The molecule has 1 unspecified atom stereocenters. The fourth-order valence-corrected chi connectivity index (χ4v) is 1.12. The summed E-state index contributed by atoms with van der Waals surface area (Å²) in [6.07, 6.45) is 3.51. The van der Waals surface area contributed by atoms with Crippen LogP contribution in [0, 0.1) is 10.1 Å². The van der Waals surface area contributed by atoms with Crippen LogP contribution < -0.4 is 11.1 Å². The maximum absolute atomic E-state index is 10.6. The molecular weight excluding hydrogens is 196 g/mol. The van der Waals surface area contributed by atoms with Crippen LogP contribution in [0.2, 0.25) is 0 Å². The Morgan fingerprint density at radius 2 is 2.47 bits per heavy atom. The van der Waals surface area contributed by atoms with E-state index in [1.54, 1.807) is 6.07 Å². The summed E-state index contributed by atoms with van der Waals surface area (Å²) in [5, 5.41) is 13.6. The molecule has 1 aromatic heterocycles. The highest BCUT2D eigenvalue weighted by atomic mass is 16.6. The number of nitrogens with zero attached hydrogens (tertiary/aromatic N) is 2. The monoisotopic (exact) mass is 210 g/mol. The van der Waals surface area contributed by atoms with Crippen molar-refractivity contribution in [2.75, 3.05) is 11.9 Å². The van der Waals surface area contributed by atoms with Crippen LogP contribution in [0.15, 0.2) is 18.5 Å². The van der Waals surface area contributed by atoms with E-state index in [-0.39, 0.29) is 11.7 Å². The van der Waals surface area contributed by atoms with Gasteiger partial charge < -0.3 is 11.1 Å². The number of nitrogens with two attached hydrogens (primary N) is 1. The van der Waals surface area contributed by atoms with E-state index in [9.17, 15) is 10.1 Å². The van der Waals surface area contributed by atoms with E-state index >= 15 is 0 Å². The molecule has 0 amide bonds. The standard InChI is InChI=1S/C9H14N4O2/c1-7(10)2-5-12-8-3-4-11-6-9(8)13(14)15/h3-4,6-7H,2,5,10H2,1H3,(H,11,12). The lowest BCUT2D eigenvalue weighted by atomic mass is 10.2. The fraction of sp³-hybridized carbons (Fsp3) is 0.444. The Balaban J connectivity index is 2.63. The Morgan fingerprint density at radius 3 is 3.07 bits per heavy atom. The van der Waals surface area contributed by atoms with Gasteiger partial charge in [-0.25, -0.2) is 0 Å². The zero-order chi connectivity index (χ0) is 11.3. The lowest BCUT2D eigenvalue weighted by molar-refractivity contribution is -0.384. The third-order valence-corrected chi connectivity index (χ3v) is 1.91. The Morgan fingerprint density at radius 1 is 1.73 bits per heavy atom. The summed E-state index contributed by atoms with van der Waals surface area (Å²) < 4.78 is 0. The molecule has 0 aliphatic rings. The molecule has 0 saturated heterocycles. The number of hydrogen-bond donors (Lipinski definition) is 2. The first-order valence-electron chi connectivity index (χ1n) is 4.69. The maximum Gasteiger partial charge on any atom is 0.310 e. The molecule has 82 valence electrons. The average molecular weight is 210 g/mol. The number of hydrogen-bond acceptors (Lipinski definition) is 5. The second-order valence-electron chi connectivity index (χ2n) is 3.34. The zero-order valence-electron chi connectivity index (χ0n) is 8.51. The molecule has 15 heavy (non-hydrogen) atoms. The van der Waals surface area contributed by atoms with Gasteiger partial charge in [0.1, 0.15) is 11.9 Å². The van der Waals surface area contributed by atoms with E-state index in [1.807, 2.05) is 6.92 Å². The lowest BCUT2D eigenvalue weighted by Gasteiger charge is -2.08. The van der Waals surface area contributed by atoms with Gasteiger partial charge in [0.25, 0.3) is 0 Å². The first-order valence-corrected chi connectivity index (χ1v) is 4.69. The van der Waals surface area contributed by atoms with Gasteiger partial charge in [-0.1, -0.05) is 0 Å². The molecule has 0 bridgehead atoms. The number of pyridine rings is 1. The molecule has 0 radical (unpaired) electrons. The van der Waals surface area contributed by atoms with Crippen molar-refractivity contribution in [3.63, 3.8) is 0 Å². The summed E-state index contributed by atoms with van der Waals surface area (Å²) in [6, 6.07) is 1.66. The van der Waals surface area contributed by atoms with Gasteiger partial charge in [-0.15, -0.1) is 0 Å². The quantitative estimate of drug-likeness (QED) is 0.561. The highest BCUT2D eigenvalue weighted by Crippen LogP contribution is 2.21. The third-order valence-electron chi connectivity index (χ3n) is 1.91. The minimum absolute atomic E-state index is 0.0119. The molecule has 6 nitrogen and oxygen atoms in total. The van der Waals surface area contributed by atoms with Crippen molar-refractivity contribution in [3.8, 4) is 0 Å². The summed E-state index contributed by atoms with van der Waals surface area (Å²) in [5.74, 6) is 0. The predicted octanol–water partition coefficient (Wildman–Crippen LogP) is 1.14.